The lowest BCUT2D eigenvalue weighted by Gasteiger charge is -2.40. The Balaban J connectivity index is 1.42. The fraction of sp³-hybridized carbons (Fsp3) is 0.320. The van der Waals surface area contributed by atoms with Crippen LogP contribution in [-0.2, 0) is 24.1 Å². The van der Waals surface area contributed by atoms with Crippen molar-refractivity contribution >= 4 is 45.0 Å². The molecule has 2 aromatic heterocycles. The number of carbonyl (C=O) groups is 1. The van der Waals surface area contributed by atoms with E-state index < -0.39 is 0 Å². The van der Waals surface area contributed by atoms with Crippen molar-refractivity contribution in [3.8, 4) is 0 Å². The summed E-state index contributed by atoms with van der Waals surface area (Å²) < 4.78 is 0.974. The first-order valence-corrected chi connectivity index (χ1v) is 12.6. The summed E-state index contributed by atoms with van der Waals surface area (Å²) in [5.74, 6) is 0.148. The molecule has 1 amide bonds. The van der Waals surface area contributed by atoms with Crippen molar-refractivity contribution < 1.29 is 4.79 Å². The van der Waals surface area contributed by atoms with Crippen LogP contribution < -0.4 is 0 Å². The molecule has 170 valence electrons. The van der Waals surface area contributed by atoms with Crippen LogP contribution in [0.3, 0.4) is 0 Å². The van der Waals surface area contributed by atoms with Gasteiger partial charge in [0, 0.05) is 59.3 Å². The number of hydrogen-bond donors (Lipinski definition) is 0. The van der Waals surface area contributed by atoms with Crippen molar-refractivity contribution in [2.45, 2.75) is 25.3 Å². The number of piperazine rings is 1. The number of nitrogens with zero attached hydrogens (tertiary/aromatic N) is 4. The van der Waals surface area contributed by atoms with Gasteiger partial charge in [0.15, 0.2) is 0 Å². The first-order valence-electron chi connectivity index (χ1n) is 11.0. The molecule has 1 aromatic carbocycles. The zero-order valence-electron chi connectivity index (χ0n) is 18.0. The average molecular weight is 546 g/mol. The van der Waals surface area contributed by atoms with Gasteiger partial charge in [-0.05, 0) is 81.4 Å². The van der Waals surface area contributed by atoms with E-state index >= 15 is 0 Å². The summed E-state index contributed by atoms with van der Waals surface area (Å²) in [7, 11) is 0. The highest BCUT2D eigenvalue weighted by molar-refractivity contribution is 9.10. The van der Waals surface area contributed by atoms with Gasteiger partial charge in [-0.1, -0.05) is 23.2 Å². The third kappa shape index (κ3) is 4.80. The summed E-state index contributed by atoms with van der Waals surface area (Å²) in [4.78, 5) is 26.1. The summed E-state index contributed by atoms with van der Waals surface area (Å²) in [6.45, 7) is 2.85. The van der Waals surface area contributed by atoms with Gasteiger partial charge in [0.1, 0.15) is 0 Å². The molecule has 1 fully saturated rings. The molecule has 1 aliphatic heterocycles. The second-order valence-electron chi connectivity index (χ2n) is 8.51. The van der Waals surface area contributed by atoms with Crippen molar-refractivity contribution in [2.24, 2.45) is 0 Å². The van der Waals surface area contributed by atoms with Crippen LogP contribution >= 0.6 is 39.1 Å². The molecule has 1 atom stereocenters. The first kappa shape index (κ1) is 22.8. The molecule has 0 bridgehead atoms. The van der Waals surface area contributed by atoms with Gasteiger partial charge in [-0.15, -0.1) is 0 Å². The van der Waals surface area contributed by atoms with Crippen LogP contribution in [0.15, 0.2) is 53.4 Å². The number of aromatic nitrogens is 2. The number of hydrogen-bond acceptors (Lipinski definition) is 4. The van der Waals surface area contributed by atoms with Gasteiger partial charge in [0.2, 0.25) is 5.91 Å². The molecule has 1 aliphatic carbocycles. The molecule has 2 aliphatic rings. The number of halogens is 3. The maximum atomic E-state index is 12.9. The van der Waals surface area contributed by atoms with Crippen LogP contribution in [0.2, 0.25) is 10.0 Å². The van der Waals surface area contributed by atoms with Gasteiger partial charge in [0.05, 0.1) is 18.2 Å². The predicted molar refractivity (Wildman–Crippen MR) is 134 cm³/mol. The monoisotopic (exact) mass is 544 g/mol. The molecule has 1 unspecified atom stereocenters. The van der Waals surface area contributed by atoms with E-state index in [1.165, 1.54) is 11.1 Å². The van der Waals surface area contributed by atoms with Gasteiger partial charge in [-0.3, -0.25) is 19.7 Å². The van der Waals surface area contributed by atoms with E-state index in [0.29, 0.717) is 29.6 Å². The molecule has 3 heterocycles. The Morgan fingerprint density at radius 1 is 1.03 bits per heavy atom. The van der Waals surface area contributed by atoms with E-state index in [9.17, 15) is 4.79 Å². The van der Waals surface area contributed by atoms with Crippen molar-refractivity contribution in [3.05, 3.63) is 91.4 Å². The number of pyridine rings is 2. The second kappa shape index (κ2) is 9.71. The smallest absolute Gasteiger partial charge is 0.227 e. The number of carbonyl (C=O) groups excluding carboxylic acids is 1. The van der Waals surface area contributed by atoms with Crippen LogP contribution in [0.1, 0.15) is 34.0 Å². The first-order chi connectivity index (χ1) is 16.0. The van der Waals surface area contributed by atoms with Crippen LogP contribution in [0.25, 0.3) is 0 Å². The van der Waals surface area contributed by atoms with Gasteiger partial charge < -0.3 is 4.90 Å². The molecule has 0 radical (unpaired) electrons. The Labute approximate surface area is 211 Å². The summed E-state index contributed by atoms with van der Waals surface area (Å²) in [6.07, 6.45) is 7.45. The van der Waals surface area contributed by atoms with Gasteiger partial charge in [-0.2, -0.15) is 0 Å². The predicted octanol–water partition coefficient (Wildman–Crippen LogP) is 5.12. The maximum absolute atomic E-state index is 12.9. The lowest BCUT2D eigenvalue weighted by Crippen LogP contribution is -2.50. The van der Waals surface area contributed by atoms with Crippen LogP contribution in [-0.4, -0.2) is 51.9 Å². The summed E-state index contributed by atoms with van der Waals surface area (Å²) in [6, 6.07) is 9.74. The zero-order chi connectivity index (χ0) is 22.9. The van der Waals surface area contributed by atoms with Gasteiger partial charge >= 0.3 is 0 Å². The van der Waals surface area contributed by atoms with Crippen LogP contribution in [0.4, 0.5) is 0 Å². The van der Waals surface area contributed by atoms with E-state index in [1.54, 1.807) is 12.4 Å². The minimum atomic E-state index is -0.0622. The highest BCUT2D eigenvalue weighted by Crippen LogP contribution is 2.41. The molecule has 8 heteroatoms. The molecule has 3 aromatic rings. The number of aryl methyl sites for hydroxylation is 2. The Morgan fingerprint density at radius 3 is 2.52 bits per heavy atom. The average Bonchev–Trinajstić information content (AvgIpc) is 2.96. The SMILES string of the molecule is O=C(Cc1ccncc1)N1CCN(C2c3ncc(Br)cc3CCc3cc(Cl)cc(Cl)c32)CC1. The minimum Gasteiger partial charge on any atom is -0.340 e. The third-order valence-corrected chi connectivity index (χ3v) is 7.45. The topological polar surface area (TPSA) is 49.3 Å². The fourth-order valence-electron chi connectivity index (χ4n) is 4.87. The van der Waals surface area contributed by atoms with Gasteiger partial charge in [-0.25, -0.2) is 0 Å². The highest BCUT2D eigenvalue weighted by atomic mass is 79.9. The highest BCUT2D eigenvalue weighted by Gasteiger charge is 2.34. The van der Waals surface area contributed by atoms with Crippen molar-refractivity contribution in [2.75, 3.05) is 26.2 Å². The normalized spacial score (nSPS) is 18.4. The van der Waals surface area contributed by atoms with Crippen molar-refractivity contribution in [1.29, 1.82) is 0 Å². The summed E-state index contributed by atoms with van der Waals surface area (Å²) >= 11 is 16.7. The van der Waals surface area contributed by atoms with Crippen LogP contribution in [0, 0.1) is 0 Å². The Morgan fingerprint density at radius 2 is 1.76 bits per heavy atom. The number of benzene rings is 1. The molecular weight excluding hydrogens is 523 g/mol. The minimum absolute atomic E-state index is 0.0622. The fourth-order valence-corrected chi connectivity index (χ4v) is 5.89. The van der Waals surface area contributed by atoms with E-state index in [4.69, 9.17) is 28.2 Å². The standard InChI is InChI=1S/C25H23BrCl2N4O/c26-19-12-18-2-1-17-13-20(27)14-21(28)23(17)25(24(18)30-15-19)32-9-7-31(8-10-32)22(33)11-16-3-5-29-6-4-16/h3-6,12-15,25H,1-2,7-11H2. The summed E-state index contributed by atoms with van der Waals surface area (Å²) in [5, 5.41) is 1.33. The van der Waals surface area contributed by atoms with Gasteiger partial charge in [0.25, 0.3) is 0 Å². The lowest BCUT2D eigenvalue weighted by molar-refractivity contribution is -0.132. The summed E-state index contributed by atoms with van der Waals surface area (Å²) in [5.41, 5.74) is 5.50. The van der Waals surface area contributed by atoms with Crippen molar-refractivity contribution in [3.63, 3.8) is 0 Å². The molecule has 0 N–H and O–H groups in total. The zero-order valence-corrected chi connectivity index (χ0v) is 21.1. The van der Waals surface area contributed by atoms with E-state index in [2.05, 4.69) is 31.9 Å². The number of rotatable bonds is 3. The molecule has 5 nitrogen and oxygen atoms in total. The van der Waals surface area contributed by atoms with E-state index in [0.717, 1.165) is 47.2 Å². The second-order valence-corrected chi connectivity index (χ2v) is 10.3. The van der Waals surface area contributed by atoms with E-state index in [-0.39, 0.29) is 11.9 Å². The molecule has 33 heavy (non-hydrogen) atoms. The molecule has 5 rings (SSSR count). The van der Waals surface area contributed by atoms with E-state index in [1.807, 2.05) is 35.4 Å². The Kier molecular flexibility index (Phi) is 6.70. The molecule has 0 spiro atoms. The quantitative estimate of drug-likeness (QED) is 0.458. The maximum Gasteiger partial charge on any atom is 0.227 e. The Bertz CT molecular complexity index is 1180. The number of fused-ring (bicyclic) bond motifs is 2. The molecule has 1 saturated heterocycles. The largest absolute Gasteiger partial charge is 0.340 e. The Hall–Kier alpha value is -1.99. The molecule has 0 saturated carbocycles. The molecular formula is C25H23BrCl2N4O. The van der Waals surface area contributed by atoms with Crippen molar-refractivity contribution in [1.82, 2.24) is 19.8 Å². The van der Waals surface area contributed by atoms with Crippen LogP contribution in [0.5, 0.6) is 0 Å². The third-order valence-electron chi connectivity index (χ3n) is 6.48. The number of amides is 1. The lowest BCUT2D eigenvalue weighted by atomic mass is 9.96.